The van der Waals surface area contributed by atoms with Crippen LogP contribution >= 0.6 is 0 Å². The van der Waals surface area contributed by atoms with Crippen LogP contribution in [0.5, 0.6) is 0 Å². The first-order valence-electron chi connectivity index (χ1n) is 7.18. The minimum absolute atomic E-state index is 0.0612. The number of rotatable bonds is 7. The molecule has 0 saturated heterocycles. The molecule has 108 valence electrons. The number of anilines is 1. The molecule has 1 amide bonds. The van der Waals surface area contributed by atoms with Gasteiger partial charge in [0.2, 0.25) is 5.91 Å². The molecule has 0 spiro atoms. The Balaban J connectivity index is 1.79. The highest BCUT2D eigenvalue weighted by atomic mass is 16.1. The molecule has 1 aliphatic rings. The third-order valence-corrected chi connectivity index (χ3v) is 3.22. The summed E-state index contributed by atoms with van der Waals surface area (Å²) < 4.78 is 0. The van der Waals surface area contributed by atoms with Crippen molar-refractivity contribution in [3.05, 3.63) is 29.8 Å². The fourth-order valence-corrected chi connectivity index (χ4v) is 2.13. The van der Waals surface area contributed by atoms with E-state index in [-0.39, 0.29) is 5.91 Å². The molecule has 0 aliphatic carbocycles. The molecule has 0 aromatic heterocycles. The van der Waals surface area contributed by atoms with Crippen LogP contribution in [0.4, 0.5) is 5.69 Å². The second-order valence-corrected chi connectivity index (χ2v) is 4.88. The summed E-state index contributed by atoms with van der Waals surface area (Å²) in [4.78, 5) is 16.1. The number of unbranched alkanes of at least 4 members (excludes halogenated alkanes) is 2. The van der Waals surface area contributed by atoms with Crippen molar-refractivity contribution in [3.8, 4) is 0 Å². The van der Waals surface area contributed by atoms with Crippen molar-refractivity contribution in [2.24, 2.45) is 10.7 Å². The second kappa shape index (κ2) is 7.65. The molecule has 1 aliphatic heterocycles. The van der Waals surface area contributed by atoms with E-state index in [4.69, 9.17) is 5.73 Å². The van der Waals surface area contributed by atoms with Crippen LogP contribution in [0, 0.1) is 0 Å². The zero-order chi connectivity index (χ0) is 14.2. The van der Waals surface area contributed by atoms with E-state index in [1.807, 2.05) is 24.3 Å². The Hall–Kier alpha value is -1.88. The van der Waals surface area contributed by atoms with Crippen molar-refractivity contribution >= 4 is 17.4 Å². The summed E-state index contributed by atoms with van der Waals surface area (Å²) in [7, 11) is 0. The molecule has 0 unspecified atom stereocenters. The van der Waals surface area contributed by atoms with Gasteiger partial charge in [-0.15, -0.1) is 0 Å². The first-order valence-corrected chi connectivity index (χ1v) is 7.18. The maximum absolute atomic E-state index is 11.7. The number of hydrogen-bond acceptors (Lipinski definition) is 4. The first kappa shape index (κ1) is 14.5. The number of nitrogens with two attached hydrogens (primary N) is 1. The Labute approximate surface area is 119 Å². The zero-order valence-corrected chi connectivity index (χ0v) is 11.7. The topological polar surface area (TPSA) is 79.5 Å². The fraction of sp³-hybridized carbons (Fsp3) is 0.467. The molecular formula is C15H22N4O. The van der Waals surface area contributed by atoms with Crippen molar-refractivity contribution < 1.29 is 4.79 Å². The molecule has 20 heavy (non-hydrogen) atoms. The van der Waals surface area contributed by atoms with Gasteiger partial charge in [0, 0.05) is 24.2 Å². The molecule has 2 rings (SSSR count). The summed E-state index contributed by atoms with van der Waals surface area (Å²) >= 11 is 0. The van der Waals surface area contributed by atoms with Crippen LogP contribution in [-0.4, -0.2) is 31.4 Å². The Morgan fingerprint density at radius 2 is 2.05 bits per heavy atom. The lowest BCUT2D eigenvalue weighted by atomic mass is 10.1. The van der Waals surface area contributed by atoms with Gasteiger partial charge in [-0.3, -0.25) is 9.79 Å². The summed E-state index contributed by atoms with van der Waals surface area (Å²) in [5, 5.41) is 6.13. The van der Waals surface area contributed by atoms with Gasteiger partial charge in [0.15, 0.2) is 0 Å². The van der Waals surface area contributed by atoms with Gasteiger partial charge < -0.3 is 16.4 Å². The third-order valence-electron chi connectivity index (χ3n) is 3.22. The molecule has 1 aromatic carbocycles. The molecular weight excluding hydrogens is 252 g/mol. The van der Waals surface area contributed by atoms with Crippen LogP contribution in [-0.2, 0) is 4.79 Å². The van der Waals surface area contributed by atoms with Crippen LogP contribution in [0.2, 0.25) is 0 Å². The first-order chi connectivity index (χ1) is 9.79. The molecule has 0 fully saturated rings. The van der Waals surface area contributed by atoms with Crippen molar-refractivity contribution in [2.75, 3.05) is 25.0 Å². The van der Waals surface area contributed by atoms with Crippen molar-refractivity contribution in [1.82, 2.24) is 5.32 Å². The molecule has 0 saturated carbocycles. The van der Waals surface area contributed by atoms with E-state index in [0.29, 0.717) is 13.0 Å². The second-order valence-electron chi connectivity index (χ2n) is 4.88. The number of hydrogen-bond donors (Lipinski definition) is 3. The van der Waals surface area contributed by atoms with E-state index in [0.717, 1.165) is 49.4 Å². The highest BCUT2D eigenvalue weighted by Crippen LogP contribution is 2.12. The number of carbonyl (C=O) groups excluding carboxylic acids is 1. The van der Waals surface area contributed by atoms with Crippen LogP contribution in [0.1, 0.15) is 31.2 Å². The summed E-state index contributed by atoms with van der Waals surface area (Å²) in [6.07, 6.45) is 3.43. The summed E-state index contributed by atoms with van der Waals surface area (Å²) in [5.41, 5.74) is 7.31. The maximum atomic E-state index is 11.7. The standard InChI is InChI=1S/C15H22N4O/c16-9-3-1-2-4-14(20)19-13-7-5-12(6-8-13)15-17-10-11-18-15/h5-8H,1-4,9-11,16H2,(H,17,18)(H,19,20). The minimum atomic E-state index is 0.0612. The molecule has 5 nitrogen and oxygen atoms in total. The van der Waals surface area contributed by atoms with E-state index in [1.54, 1.807) is 0 Å². The molecule has 1 aromatic rings. The molecule has 1 heterocycles. The number of aliphatic imine (C=N–C) groups is 1. The predicted molar refractivity (Wildman–Crippen MR) is 82.0 cm³/mol. The summed E-state index contributed by atoms with van der Waals surface area (Å²) in [5.74, 6) is 0.996. The monoisotopic (exact) mass is 274 g/mol. The van der Waals surface area contributed by atoms with E-state index in [2.05, 4.69) is 15.6 Å². The van der Waals surface area contributed by atoms with Gasteiger partial charge in [-0.1, -0.05) is 6.42 Å². The predicted octanol–water partition coefficient (Wildman–Crippen LogP) is 1.49. The van der Waals surface area contributed by atoms with Crippen molar-refractivity contribution in [2.45, 2.75) is 25.7 Å². The lowest BCUT2D eigenvalue weighted by Crippen LogP contribution is -2.19. The highest BCUT2D eigenvalue weighted by molar-refractivity contribution is 6.00. The largest absolute Gasteiger partial charge is 0.368 e. The number of nitrogens with zero attached hydrogens (tertiary/aromatic N) is 1. The Morgan fingerprint density at radius 3 is 2.70 bits per heavy atom. The van der Waals surface area contributed by atoms with Crippen LogP contribution in [0.3, 0.4) is 0 Å². The van der Waals surface area contributed by atoms with Gasteiger partial charge in [-0.2, -0.15) is 0 Å². The zero-order valence-electron chi connectivity index (χ0n) is 11.7. The number of benzene rings is 1. The highest BCUT2D eigenvalue weighted by Gasteiger charge is 2.08. The van der Waals surface area contributed by atoms with Crippen LogP contribution in [0.25, 0.3) is 0 Å². The number of nitrogens with one attached hydrogen (secondary N) is 2. The van der Waals surface area contributed by atoms with E-state index in [1.165, 1.54) is 0 Å². The molecule has 5 heteroatoms. The smallest absolute Gasteiger partial charge is 0.224 e. The lowest BCUT2D eigenvalue weighted by Gasteiger charge is -2.07. The van der Waals surface area contributed by atoms with Crippen LogP contribution in [0.15, 0.2) is 29.3 Å². The number of amides is 1. The maximum Gasteiger partial charge on any atom is 0.224 e. The van der Waals surface area contributed by atoms with Crippen molar-refractivity contribution in [1.29, 1.82) is 0 Å². The van der Waals surface area contributed by atoms with Gasteiger partial charge in [0.05, 0.1) is 6.54 Å². The van der Waals surface area contributed by atoms with E-state index in [9.17, 15) is 4.79 Å². The minimum Gasteiger partial charge on any atom is -0.368 e. The van der Waals surface area contributed by atoms with Crippen molar-refractivity contribution in [3.63, 3.8) is 0 Å². The lowest BCUT2D eigenvalue weighted by molar-refractivity contribution is -0.116. The average molecular weight is 274 g/mol. The van der Waals surface area contributed by atoms with Gasteiger partial charge in [-0.05, 0) is 43.7 Å². The molecule has 4 N–H and O–H groups in total. The number of amidine groups is 1. The Morgan fingerprint density at radius 1 is 1.25 bits per heavy atom. The Kier molecular flexibility index (Phi) is 5.55. The van der Waals surface area contributed by atoms with Gasteiger partial charge in [-0.25, -0.2) is 0 Å². The van der Waals surface area contributed by atoms with E-state index >= 15 is 0 Å². The van der Waals surface area contributed by atoms with Gasteiger partial charge >= 0.3 is 0 Å². The average Bonchev–Trinajstić information content (AvgIpc) is 2.99. The fourth-order valence-electron chi connectivity index (χ4n) is 2.13. The van der Waals surface area contributed by atoms with Crippen LogP contribution < -0.4 is 16.4 Å². The van der Waals surface area contributed by atoms with E-state index < -0.39 is 0 Å². The van der Waals surface area contributed by atoms with Gasteiger partial charge in [0.1, 0.15) is 5.84 Å². The van der Waals surface area contributed by atoms with Gasteiger partial charge in [0.25, 0.3) is 0 Å². The quantitative estimate of drug-likeness (QED) is 0.659. The summed E-state index contributed by atoms with van der Waals surface area (Å²) in [6.45, 7) is 2.42. The number of carbonyl (C=O) groups is 1. The molecule has 0 atom stereocenters. The molecule has 0 radical (unpaired) electrons. The summed E-state index contributed by atoms with van der Waals surface area (Å²) in [6, 6.07) is 7.77. The third kappa shape index (κ3) is 4.35. The Bertz CT molecular complexity index is 467. The molecule has 0 bridgehead atoms. The SMILES string of the molecule is NCCCCCC(=O)Nc1ccc(C2=NCCN2)cc1. The normalized spacial score (nSPS) is 13.8.